The molecule has 1 unspecified atom stereocenters. The fourth-order valence-electron chi connectivity index (χ4n) is 4.76. The van der Waals surface area contributed by atoms with Gasteiger partial charge in [-0.25, -0.2) is 0 Å². The number of hydrogen-bond acceptors (Lipinski definition) is 4. The van der Waals surface area contributed by atoms with E-state index in [1.807, 2.05) is 12.1 Å². The first-order valence-corrected chi connectivity index (χ1v) is 11.9. The third kappa shape index (κ3) is 4.92. The minimum absolute atomic E-state index is 0.00989. The molecule has 3 aromatic rings. The van der Waals surface area contributed by atoms with Crippen molar-refractivity contribution < 1.29 is 18.0 Å². The van der Waals surface area contributed by atoms with Crippen LogP contribution in [-0.2, 0) is 17.4 Å². The van der Waals surface area contributed by atoms with Crippen LogP contribution in [0.4, 0.5) is 24.7 Å². The number of carbonyl (C=O) groups is 1. The van der Waals surface area contributed by atoms with Gasteiger partial charge in [0.05, 0.1) is 18.0 Å². The van der Waals surface area contributed by atoms with Gasteiger partial charge in [-0.3, -0.25) is 9.69 Å². The minimum atomic E-state index is -4.56. The van der Waals surface area contributed by atoms with Crippen LogP contribution in [0, 0.1) is 18.8 Å². The van der Waals surface area contributed by atoms with E-state index < -0.39 is 17.7 Å². The lowest BCUT2D eigenvalue weighted by Crippen LogP contribution is -2.35. The largest absolute Gasteiger partial charge is 0.416 e. The lowest BCUT2D eigenvalue weighted by Gasteiger charge is -2.26. The first-order chi connectivity index (χ1) is 17.2. The highest BCUT2D eigenvalue weighted by Gasteiger charge is 2.39. The summed E-state index contributed by atoms with van der Waals surface area (Å²) in [5.41, 5.74) is 8.59. The average Bonchev–Trinajstić information content (AvgIpc) is 3.69. The van der Waals surface area contributed by atoms with Gasteiger partial charge in [0, 0.05) is 5.69 Å². The molecule has 36 heavy (non-hydrogen) atoms. The summed E-state index contributed by atoms with van der Waals surface area (Å²) in [5, 5.41) is 7.69. The Morgan fingerprint density at radius 3 is 2.56 bits per heavy atom. The molecule has 2 aromatic carbocycles. The van der Waals surface area contributed by atoms with E-state index in [9.17, 15) is 18.0 Å². The van der Waals surface area contributed by atoms with Crippen LogP contribution >= 0.6 is 0 Å². The summed E-state index contributed by atoms with van der Waals surface area (Å²) in [7, 11) is 0. The zero-order valence-electron chi connectivity index (χ0n) is 19.8. The van der Waals surface area contributed by atoms with Crippen LogP contribution in [0.15, 0.2) is 48.5 Å². The van der Waals surface area contributed by atoms with Gasteiger partial charge in [0.1, 0.15) is 11.5 Å². The van der Waals surface area contributed by atoms with E-state index in [4.69, 9.17) is 5.73 Å². The van der Waals surface area contributed by atoms with Crippen LogP contribution in [0.1, 0.15) is 64.6 Å². The summed E-state index contributed by atoms with van der Waals surface area (Å²) in [4.78, 5) is 15.4. The number of fused-ring (bicyclic) bond motifs is 1. The number of amides is 1. The number of anilines is 2. The standard InChI is InChI=1S/C28H25F3N4O/c1-17-4-10-22(24(15-17)28(29,30)31)23-11-7-20-16-19(18-5-6-18)8-12-25(20)35(27(23)36)14-2-3-21-9-13-26(32)34-33-21/h4,8-10,12-13,15-16,18,23H,5-7,11,14H2,1H3,(H2,32,34). The van der Waals surface area contributed by atoms with Crippen molar-refractivity contribution >= 4 is 17.4 Å². The second kappa shape index (κ2) is 9.30. The summed E-state index contributed by atoms with van der Waals surface area (Å²) in [6.07, 6.45) is -1.49. The van der Waals surface area contributed by atoms with Gasteiger partial charge in [0.2, 0.25) is 5.91 Å². The number of benzene rings is 2. The number of rotatable bonds is 3. The van der Waals surface area contributed by atoms with Crippen LogP contribution in [-0.4, -0.2) is 22.6 Å². The average molecular weight is 491 g/mol. The molecule has 5 nitrogen and oxygen atoms in total. The van der Waals surface area contributed by atoms with Gasteiger partial charge in [-0.15, -0.1) is 10.2 Å². The highest BCUT2D eigenvalue weighted by atomic mass is 19.4. The van der Waals surface area contributed by atoms with Crippen molar-refractivity contribution in [2.45, 2.75) is 50.6 Å². The van der Waals surface area contributed by atoms with Gasteiger partial charge >= 0.3 is 6.18 Å². The molecule has 1 aromatic heterocycles. The zero-order valence-corrected chi connectivity index (χ0v) is 19.8. The highest BCUT2D eigenvalue weighted by molar-refractivity contribution is 6.00. The fourth-order valence-corrected chi connectivity index (χ4v) is 4.76. The second-order valence-corrected chi connectivity index (χ2v) is 9.41. The Morgan fingerprint density at radius 2 is 1.86 bits per heavy atom. The molecule has 184 valence electrons. The molecule has 1 aliphatic carbocycles. The van der Waals surface area contributed by atoms with Crippen molar-refractivity contribution in [1.29, 1.82) is 0 Å². The number of nitrogens with two attached hydrogens (primary N) is 1. The normalized spacial score (nSPS) is 17.7. The van der Waals surface area contributed by atoms with Crippen LogP contribution in [0.25, 0.3) is 0 Å². The van der Waals surface area contributed by atoms with E-state index in [1.165, 1.54) is 16.5 Å². The van der Waals surface area contributed by atoms with Crippen molar-refractivity contribution in [3.8, 4) is 11.8 Å². The Kier molecular flexibility index (Phi) is 6.17. The zero-order chi connectivity index (χ0) is 25.4. The van der Waals surface area contributed by atoms with Crippen molar-refractivity contribution in [3.63, 3.8) is 0 Å². The molecule has 0 radical (unpaired) electrons. The van der Waals surface area contributed by atoms with Gasteiger partial charge in [0.25, 0.3) is 0 Å². The summed E-state index contributed by atoms with van der Waals surface area (Å²) < 4.78 is 41.9. The summed E-state index contributed by atoms with van der Waals surface area (Å²) in [5.74, 6) is 5.30. The number of aryl methyl sites for hydroxylation is 2. The third-order valence-electron chi connectivity index (χ3n) is 6.74. The predicted octanol–water partition coefficient (Wildman–Crippen LogP) is 5.38. The second-order valence-electron chi connectivity index (χ2n) is 9.41. The van der Waals surface area contributed by atoms with Crippen LogP contribution in [0.2, 0.25) is 0 Å². The number of aromatic nitrogens is 2. The number of carbonyl (C=O) groups excluding carboxylic acids is 1. The highest BCUT2D eigenvalue weighted by Crippen LogP contribution is 2.44. The Bertz CT molecular complexity index is 1370. The molecule has 2 heterocycles. The van der Waals surface area contributed by atoms with Crippen LogP contribution < -0.4 is 10.6 Å². The number of hydrogen-bond donors (Lipinski definition) is 1. The molecule has 1 fully saturated rings. The van der Waals surface area contributed by atoms with Gasteiger partial charge in [-0.2, -0.15) is 13.2 Å². The minimum Gasteiger partial charge on any atom is -0.382 e. The first kappa shape index (κ1) is 23.9. The van der Waals surface area contributed by atoms with E-state index in [0.29, 0.717) is 35.7 Å². The van der Waals surface area contributed by atoms with Gasteiger partial charge in [-0.05, 0) is 85.4 Å². The molecule has 2 aliphatic rings. The number of halogens is 3. The van der Waals surface area contributed by atoms with Crippen molar-refractivity contribution in [2.75, 3.05) is 17.2 Å². The molecule has 2 N–H and O–H groups in total. The maximum absolute atomic E-state index is 14.0. The van der Waals surface area contributed by atoms with E-state index in [0.717, 1.165) is 24.5 Å². The summed E-state index contributed by atoms with van der Waals surface area (Å²) in [6.45, 7) is 1.63. The van der Waals surface area contributed by atoms with E-state index in [-0.39, 0.29) is 23.8 Å². The van der Waals surface area contributed by atoms with E-state index in [2.05, 4.69) is 28.1 Å². The molecule has 8 heteroatoms. The Morgan fingerprint density at radius 1 is 1.06 bits per heavy atom. The van der Waals surface area contributed by atoms with Crippen molar-refractivity contribution in [2.24, 2.45) is 0 Å². The summed E-state index contributed by atoms with van der Waals surface area (Å²) in [6, 6.07) is 13.4. The van der Waals surface area contributed by atoms with Gasteiger partial charge in [0.15, 0.2) is 0 Å². The molecular formula is C28H25F3N4O. The Balaban J connectivity index is 1.54. The Hall–Kier alpha value is -3.86. The van der Waals surface area contributed by atoms with E-state index in [1.54, 1.807) is 25.1 Å². The topological polar surface area (TPSA) is 72.1 Å². The van der Waals surface area contributed by atoms with Gasteiger partial charge < -0.3 is 5.73 Å². The molecule has 1 amide bonds. The lowest BCUT2D eigenvalue weighted by atomic mass is 9.88. The molecule has 0 saturated heterocycles. The molecule has 1 aliphatic heterocycles. The SMILES string of the molecule is Cc1ccc(C2CCc3cc(C4CC4)ccc3N(CC#Cc3ccc(N)nn3)C2=O)c(C(F)(F)F)c1. The Labute approximate surface area is 207 Å². The van der Waals surface area contributed by atoms with Crippen LogP contribution in [0.5, 0.6) is 0 Å². The van der Waals surface area contributed by atoms with Crippen molar-refractivity contribution in [3.05, 3.63) is 82.0 Å². The van der Waals surface area contributed by atoms with Crippen LogP contribution in [0.3, 0.4) is 0 Å². The third-order valence-corrected chi connectivity index (χ3v) is 6.74. The monoisotopic (exact) mass is 490 g/mol. The van der Waals surface area contributed by atoms with Gasteiger partial charge in [-0.1, -0.05) is 35.7 Å². The first-order valence-electron chi connectivity index (χ1n) is 11.9. The molecule has 1 atom stereocenters. The quantitative estimate of drug-likeness (QED) is 0.501. The molecule has 5 rings (SSSR count). The molecule has 1 saturated carbocycles. The smallest absolute Gasteiger partial charge is 0.382 e. The molecule has 0 spiro atoms. The maximum Gasteiger partial charge on any atom is 0.416 e. The lowest BCUT2D eigenvalue weighted by molar-refractivity contribution is -0.138. The van der Waals surface area contributed by atoms with Crippen molar-refractivity contribution in [1.82, 2.24) is 10.2 Å². The van der Waals surface area contributed by atoms with E-state index >= 15 is 0 Å². The number of nitrogens with zero attached hydrogens (tertiary/aromatic N) is 3. The molecular weight excluding hydrogens is 465 g/mol. The maximum atomic E-state index is 14.0. The fraction of sp³-hybridized carbons (Fsp3) is 0.321. The number of nitrogen functional groups attached to an aromatic ring is 1. The molecule has 0 bridgehead atoms. The summed E-state index contributed by atoms with van der Waals surface area (Å²) >= 11 is 0. The predicted molar refractivity (Wildman–Crippen MR) is 131 cm³/mol. The number of alkyl halides is 3.